The molecule has 8 heteroatoms. The maximum atomic E-state index is 4.74. The van der Waals surface area contributed by atoms with Crippen LogP contribution in [0.2, 0.25) is 0 Å². The highest BCUT2D eigenvalue weighted by atomic mass is 15.4. The molecule has 0 spiro atoms. The molecule has 1 aliphatic rings. The molecule has 3 aromatic heterocycles. The van der Waals surface area contributed by atoms with E-state index >= 15 is 0 Å². The highest BCUT2D eigenvalue weighted by Gasteiger charge is 2.22. The van der Waals surface area contributed by atoms with Gasteiger partial charge in [0.15, 0.2) is 5.82 Å². The standard InChI is InChI=1S/C15H20N8/c1-10-8-12(21-20-10)17-14-19-15(18-13-4-3-6-23(13)14)22-7-5-16-9-11(22)2/h3-4,6,8,11,16H,5,7,9H2,1-2H3,(H2,17,18,19,20,21). The molecule has 3 aromatic rings. The molecule has 120 valence electrons. The van der Waals surface area contributed by atoms with Crippen LogP contribution >= 0.6 is 0 Å². The van der Waals surface area contributed by atoms with Crippen LogP contribution in [-0.4, -0.2) is 50.2 Å². The van der Waals surface area contributed by atoms with Crippen LogP contribution in [0.15, 0.2) is 24.4 Å². The van der Waals surface area contributed by atoms with E-state index in [0.29, 0.717) is 12.0 Å². The van der Waals surface area contributed by atoms with Gasteiger partial charge in [-0.2, -0.15) is 15.1 Å². The minimum absolute atomic E-state index is 0.363. The van der Waals surface area contributed by atoms with Crippen molar-refractivity contribution in [1.29, 1.82) is 0 Å². The summed E-state index contributed by atoms with van der Waals surface area (Å²) in [5.41, 5.74) is 1.87. The van der Waals surface area contributed by atoms with Crippen LogP contribution < -0.4 is 15.5 Å². The number of nitrogens with zero attached hydrogens (tertiary/aromatic N) is 5. The normalized spacial score (nSPS) is 18.5. The molecule has 3 N–H and O–H groups in total. The summed E-state index contributed by atoms with van der Waals surface area (Å²) in [6.07, 6.45) is 1.95. The van der Waals surface area contributed by atoms with Crippen molar-refractivity contribution in [3.8, 4) is 0 Å². The largest absolute Gasteiger partial charge is 0.335 e. The molecule has 1 fully saturated rings. The Morgan fingerprint density at radius 3 is 3.04 bits per heavy atom. The number of aromatic nitrogens is 5. The maximum Gasteiger partial charge on any atom is 0.230 e. The predicted octanol–water partition coefficient (Wildman–Crippen LogP) is 1.30. The number of nitrogens with one attached hydrogen (secondary N) is 3. The van der Waals surface area contributed by atoms with Crippen LogP contribution in [0, 0.1) is 6.92 Å². The Morgan fingerprint density at radius 1 is 1.35 bits per heavy atom. The van der Waals surface area contributed by atoms with E-state index in [1.54, 1.807) is 0 Å². The third-order valence-electron chi connectivity index (χ3n) is 4.08. The van der Waals surface area contributed by atoms with Crippen molar-refractivity contribution in [2.24, 2.45) is 0 Å². The lowest BCUT2D eigenvalue weighted by Gasteiger charge is -2.34. The van der Waals surface area contributed by atoms with Crippen LogP contribution in [0.3, 0.4) is 0 Å². The minimum atomic E-state index is 0.363. The average Bonchev–Trinajstić information content (AvgIpc) is 3.16. The number of aryl methyl sites for hydroxylation is 1. The molecule has 0 aliphatic carbocycles. The number of hydrogen-bond acceptors (Lipinski definition) is 6. The molecule has 4 heterocycles. The number of H-pyrrole nitrogens is 1. The van der Waals surface area contributed by atoms with Gasteiger partial charge in [0.2, 0.25) is 11.9 Å². The SMILES string of the molecule is Cc1cc(Nc2nc(N3CCNCC3C)nc3cccn23)n[nH]1. The molecular formula is C15H20N8. The van der Waals surface area contributed by atoms with Crippen LogP contribution in [0.5, 0.6) is 0 Å². The quantitative estimate of drug-likeness (QED) is 0.676. The Hall–Kier alpha value is -2.61. The molecule has 0 radical (unpaired) electrons. The van der Waals surface area contributed by atoms with Gasteiger partial charge in [-0.3, -0.25) is 9.50 Å². The van der Waals surface area contributed by atoms with Gasteiger partial charge < -0.3 is 15.5 Å². The molecular weight excluding hydrogens is 292 g/mol. The summed E-state index contributed by atoms with van der Waals surface area (Å²) in [6.45, 7) is 6.94. The van der Waals surface area contributed by atoms with Gasteiger partial charge in [0.1, 0.15) is 5.65 Å². The van der Waals surface area contributed by atoms with Gasteiger partial charge in [-0.1, -0.05) is 0 Å². The van der Waals surface area contributed by atoms with E-state index in [4.69, 9.17) is 9.97 Å². The molecule has 0 saturated carbocycles. The smallest absolute Gasteiger partial charge is 0.230 e. The summed E-state index contributed by atoms with van der Waals surface area (Å²) in [6, 6.07) is 6.26. The predicted molar refractivity (Wildman–Crippen MR) is 89.3 cm³/mol. The third kappa shape index (κ3) is 2.61. The van der Waals surface area contributed by atoms with E-state index in [1.165, 1.54) is 0 Å². The van der Waals surface area contributed by atoms with Crippen molar-refractivity contribution < 1.29 is 0 Å². The zero-order valence-electron chi connectivity index (χ0n) is 13.2. The Kier molecular flexibility index (Phi) is 3.38. The lowest BCUT2D eigenvalue weighted by Crippen LogP contribution is -2.50. The Bertz CT molecular complexity index is 820. The summed E-state index contributed by atoms with van der Waals surface area (Å²) < 4.78 is 1.93. The van der Waals surface area contributed by atoms with Crippen LogP contribution in [0.1, 0.15) is 12.6 Å². The molecule has 1 saturated heterocycles. The molecule has 1 atom stereocenters. The second-order valence-corrected chi connectivity index (χ2v) is 5.89. The number of fused-ring (bicyclic) bond motifs is 1. The van der Waals surface area contributed by atoms with E-state index in [0.717, 1.165) is 42.7 Å². The lowest BCUT2D eigenvalue weighted by atomic mass is 10.2. The zero-order chi connectivity index (χ0) is 15.8. The fourth-order valence-electron chi connectivity index (χ4n) is 2.87. The summed E-state index contributed by atoms with van der Waals surface area (Å²) in [5.74, 6) is 2.21. The first-order chi connectivity index (χ1) is 11.2. The van der Waals surface area contributed by atoms with E-state index in [-0.39, 0.29) is 0 Å². The summed E-state index contributed by atoms with van der Waals surface area (Å²) in [7, 11) is 0. The van der Waals surface area contributed by atoms with Gasteiger partial charge in [-0.05, 0) is 26.0 Å². The first-order valence-corrected chi connectivity index (χ1v) is 7.82. The van der Waals surface area contributed by atoms with Gasteiger partial charge in [0.05, 0.1) is 0 Å². The minimum Gasteiger partial charge on any atom is -0.335 e. The second kappa shape index (κ2) is 5.54. The van der Waals surface area contributed by atoms with Crippen LogP contribution in [0.4, 0.5) is 17.7 Å². The lowest BCUT2D eigenvalue weighted by molar-refractivity contribution is 0.493. The second-order valence-electron chi connectivity index (χ2n) is 5.89. The van der Waals surface area contributed by atoms with E-state index in [9.17, 15) is 0 Å². The van der Waals surface area contributed by atoms with E-state index < -0.39 is 0 Å². The number of hydrogen-bond donors (Lipinski definition) is 3. The van der Waals surface area contributed by atoms with Crippen molar-refractivity contribution in [1.82, 2.24) is 29.9 Å². The summed E-state index contributed by atoms with van der Waals surface area (Å²) in [5, 5.41) is 13.8. The maximum absolute atomic E-state index is 4.74. The Morgan fingerprint density at radius 2 is 2.26 bits per heavy atom. The van der Waals surface area contributed by atoms with Gasteiger partial charge in [-0.25, -0.2) is 0 Å². The molecule has 0 amide bonds. The molecule has 8 nitrogen and oxygen atoms in total. The number of piperazine rings is 1. The monoisotopic (exact) mass is 312 g/mol. The Balaban J connectivity index is 1.74. The summed E-state index contributed by atoms with van der Waals surface area (Å²) in [4.78, 5) is 11.7. The highest BCUT2D eigenvalue weighted by Crippen LogP contribution is 2.21. The number of anilines is 3. The van der Waals surface area contributed by atoms with Gasteiger partial charge in [-0.15, -0.1) is 0 Å². The average molecular weight is 312 g/mol. The van der Waals surface area contributed by atoms with E-state index in [1.807, 2.05) is 35.7 Å². The van der Waals surface area contributed by atoms with Crippen molar-refractivity contribution in [2.45, 2.75) is 19.9 Å². The van der Waals surface area contributed by atoms with Crippen molar-refractivity contribution >= 4 is 23.4 Å². The molecule has 1 unspecified atom stereocenters. The molecule has 0 bridgehead atoms. The molecule has 23 heavy (non-hydrogen) atoms. The zero-order valence-corrected chi connectivity index (χ0v) is 13.2. The fraction of sp³-hybridized carbons (Fsp3) is 0.400. The van der Waals surface area contributed by atoms with Gasteiger partial charge in [0, 0.05) is 43.6 Å². The van der Waals surface area contributed by atoms with Crippen molar-refractivity contribution in [3.63, 3.8) is 0 Å². The van der Waals surface area contributed by atoms with Crippen LogP contribution in [-0.2, 0) is 0 Å². The molecule has 1 aliphatic heterocycles. The molecule has 0 aromatic carbocycles. The van der Waals surface area contributed by atoms with Crippen molar-refractivity contribution in [2.75, 3.05) is 29.9 Å². The third-order valence-corrected chi connectivity index (χ3v) is 4.08. The number of rotatable bonds is 3. The Labute approximate surface area is 133 Å². The van der Waals surface area contributed by atoms with Crippen molar-refractivity contribution in [3.05, 3.63) is 30.1 Å². The topological polar surface area (TPSA) is 86.2 Å². The van der Waals surface area contributed by atoms with Gasteiger partial charge in [0.25, 0.3) is 0 Å². The molecule has 4 rings (SSSR count). The fourth-order valence-corrected chi connectivity index (χ4v) is 2.87. The summed E-state index contributed by atoms with van der Waals surface area (Å²) >= 11 is 0. The van der Waals surface area contributed by atoms with Crippen LogP contribution in [0.25, 0.3) is 5.65 Å². The first kappa shape index (κ1) is 14.0. The van der Waals surface area contributed by atoms with Gasteiger partial charge >= 0.3 is 0 Å². The van der Waals surface area contributed by atoms with E-state index in [2.05, 4.69) is 32.7 Å². The number of aromatic amines is 1. The highest BCUT2D eigenvalue weighted by molar-refractivity contribution is 5.57. The first-order valence-electron chi connectivity index (χ1n) is 7.82.